The van der Waals surface area contributed by atoms with Gasteiger partial charge < -0.3 is 10.1 Å². The van der Waals surface area contributed by atoms with Crippen LogP contribution in [-0.2, 0) is 11.3 Å². The SMILES string of the molecule is Cc1ccc(-n2nnnc2CNC(=O)COc2ccc(Cl)cc2Cl)cc1. The van der Waals surface area contributed by atoms with E-state index in [2.05, 4.69) is 20.8 Å². The van der Waals surface area contributed by atoms with E-state index in [-0.39, 0.29) is 19.1 Å². The Morgan fingerprint density at radius 1 is 1.19 bits per heavy atom. The number of tetrazole rings is 1. The second-order valence-corrected chi connectivity index (χ2v) is 6.33. The number of nitrogens with zero attached hydrogens (tertiary/aromatic N) is 4. The van der Waals surface area contributed by atoms with Gasteiger partial charge in [0.25, 0.3) is 5.91 Å². The van der Waals surface area contributed by atoms with Gasteiger partial charge in [0, 0.05) is 5.02 Å². The minimum atomic E-state index is -0.325. The Kier molecular flexibility index (Phi) is 5.70. The third-order valence-electron chi connectivity index (χ3n) is 3.51. The number of aromatic nitrogens is 4. The van der Waals surface area contributed by atoms with E-state index >= 15 is 0 Å². The van der Waals surface area contributed by atoms with Gasteiger partial charge in [-0.1, -0.05) is 40.9 Å². The van der Waals surface area contributed by atoms with Crippen LogP contribution in [0.4, 0.5) is 0 Å². The molecule has 3 rings (SSSR count). The average molecular weight is 392 g/mol. The van der Waals surface area contributed by atoms with Crippen LogP contribution in [0.5, 0.6) is 5.75 Å². The van der Waals surface area contributed by atoms with Crippen molar-refractivity contribution >= 4 is 29.1 Å². The first-order chi connectivity index (χ1) is 12.5. The van der Waals surface area contributed by atoms with E-state index in [1.165, 1.54) is 0 Å². The van der Waals surface area contributed by atoms with Crippen LogP contribution in [0.1, 0.15) is 11.4 Å². The fourth-order valence-corrected chi connectivity index (χ4v) is 2.63. The van der Waals surface area contributed by atoms with Gasteiger partial charge in [0.05, 0.1) is 17.3 Å². The Morgan fingerprint density at radius 2 is 1.96 bits per heavy atom. The summed E-state index contributed by atoms with van der Waals surface area (Å²) in [6.45, 7) is 1.97. The maximum atomic E-state index is 12.0. The first-order valence-electron chi connectivity index (χ1n) is 7.72. The maximum absolute atomic E-state index is 12.0. The molecular weight excluding hydrogens is 377 g/mol. The number of carbonyl (C=O) groups is 1. The Hall–Kier alpha value is -2.64. The molecule has 0 saturated heterocycles. The van der Waals surface area contributed by atoms with Crippen molar-refractivity contribution in [2.24, 2.45) is 0 Å². The summed E-state index contributed by atoms with van der Waals surface area (Å²) in [5.74, 6) is 0.567. The molecule has 7 nitrogen and oxygen atoms in total. The lowest BCUT2D eigenvalue weighted by Gasteiger charge is -2.09. The topological polar surface area (TPSA) is 81.9 Å². The molecule has 0 atom stereocenters. The lowest BCUT2D eigenvalue weighted by molar-refractivity contribution is -0.123. The van der Waals surface area contributed by atoms with Crippen molar-refractivity contribution in [3.63, 3.8) is 0 Å². The number of nitrogens with one attached hydrogen (secondary N) is 1. The van der Waals surface area contributed by atoms with Crippen molar-refractivity contribution in [3.8, 4) is 11.4 Å². The first kappa shape index (κ1) is 18.2. The predicted octanol–water partition coefficient (Wildman–Crippen LogP) is 2.97. The van der Waals surface area contributed by atoms with E-state index in [0.29, 0.717) is 21.6 Å². The molecule has 1 heterocycles. The number of hydrogen-bond donors (Lipinski definition) is 1. The smallest absolute Gasteiger partial charge is 0.258 e. The van der Waals surface area contributed by atoms with Gasteiger partial charge in [-0.25, -0.2) is 0 Å². The van der Waals surface area contributed by atoms with Crippen molar-refractivity contribution in [1.29, 1.82) is 0 Å². The molecule has 1 N–H and O–H groups in total. The number of ether oxygens (including phenoxy) is 1. The van der Waals surface area contributed by atoms with E-state index in [1.54, 1.807) is 22.9 Å². The molecule has 26 heavy (non-hydrogen) atoms. The van der Waals surface area contributed by atoms with Crippen LogP contribution in [0, 0.1) is 6.92 Å². The highest BCUT2D eigenvalue weighted by molar-refractivity contribution is 6.35. The number of benzene rings is 2. The Balaban J connectivity index is 1.57. The van der Waals surface area contributed by atoms with Crippen molar-refractivity contribution in [2.45, 2.75) is 13.5 Å². The van der Waals surface area contributed by atoms with Crippen LogP contribution in [0.25, 0.3) is 5.69 Å². The highest BCUT2D eigenvalue weighted by Gasteiger charge is 2.11. The fraction of sp³-hybridized carbons (Fsp3) is 0.176. The lowest BCUT2D eigenvalue weighted by atomic mass is 10.2. The van der Waals surface area contributed by atoms with Gasteiger partial charge in [0.2, 0.25) is 0 Å². The maximum Gasteiger partial charge on any atom is 0.258 e. The summed E-state index contributed by atoms with van der Waals surface area (Å²) in [5.41, 5.74) is 1.95. The zero-order chi connectivity index (χ0) is 18.5. The molecule has 0 radical (unpaired) electrons. The summed E-state index contributed by atoms with van der Waals surface area (Å²) in [6.07, 6.45) is 0. The average Bonchev–Trinajstić information content (AvgIpc) is 3.08. The van der Waals surface area contributed by atoms with Gasteiger partial charge in [-0.2, -0.15) is 4.68 Å². The number of hydrogen-bond acceptors (Lipinski definition) is 5. The molecule has 2 aromatic carbocycles. The number of amides is 1. The normalized spacial score (nSPS) is 10.6. The van der Waals surface area contributed by atoms with Crippen LogP contribution in [-0.4, -0.2) is 32.7 Å². The molecule has 0 spiro atoms. The summed E-state index contributed by atoms with van der Waals surface area (Å²) in [6, 6.07) is 12.5. The second-order valence-electron chi connectivity index (χ2n) is 5.48. The van der Waals surface area contributed by atoms with E-state index in [0.717, 1.165) is 11.3 Å². The number of aryl methyl sites for hydroxylation is 1. The largest absolute Gasteiger partial charge is 0.482 e. The molecule has 1 aromatic heterocycles. The molecule has 0 saturated carbocycles. The van der Waals surface area contributed by atoms with Crippen molar-refractivity contribution in [1.82, 2.24) is 25.5 Å². The summed E-state index contributed by atoms with van der Waals surface area (Å²) >= 11 is 11.8. The predicted molar refractivity (Wildman–Crippen MR) is 97.7 cm³/mol. The third kappa shape index (κ3) is 4.50. The summed E-state index contributed by atoms with van der Waals surface area (Å²) in [5, 5.41) is 15.1. The van der Waals surface area contributed by atoms with Gasteiger partial charge in [-0.05, 0) is 47.7 Å². The standard InChI is InChI=1S/C17H15Cl2N5O2/c1-11-2-5-13(6-3-11)24-16(21-22-23-24)9-20-17(25)10-26-15-7-4-12(18)8-14(15)19/h2-8H,9-10H2,1H3,(H,20,25). The zero-order valence-corrected chi connectivity index (χ0v) is 15.3. The van der Waals surface area contributed by atoms with Crippen LogP contribution >= 0.6 is 23.2 Å². The van der Waals surface area contributed by atoms with Crippen molar-refractivity contribution < 1.29 is 9.53 Å². The van der Waals surface area contributed by atoms with Crippen molar-refractivity contribution in [3.05, 3.63) is 63.9 Å². The van der Waals surface area contributed by atoms with Crippen LogP contribution in [0.2, 0.25) is 10.0 Å². The number of rotatable bonds is 6. The summed E-state index contributed by atoms with van der Waals surface area (Å²) in [7, 11) is 0. The molecule has 0 aliphatic carbocycles. The summed E-state index contributed by atoms with van der Waals surface area (Å²) < 4.78 is 6.96. The van der Waals surface area contributed by atoms with Crippen molar-refractivity contribution in [2.75, 3.05) is 6.61 Å². The van der Waals surface area contributed by atoms with Crippen LogP contribution in [0.15, 0.2) is 42.5 Å². The Bertz CT molecular complexity index is 912. The van der Waals surface area contributed by atoms with Gasteiger partial charge >= 0.3 is 0 Å². The lowest BCUT2D eigenvalue weighted by Crippen LogP contribution is -2.29. The Morgan fingerprint density at radius 3 is 2.69 bits per heavy atom. The monoisotopic (exact) mass is 391 g/mol. The van der Waals surface area contributed by atoms with Gasteiger partial charge in [0.15, 0.2) is 12.4 Å². The minimum absolute atomic E-state index is 0.164. The minimum Gasteiger partial charge on any atom is -0.482 e. The molecule has 0 aliphatic rings. The molecule has 0 fully saturated rings. The van der Waals surface area contributed by atoms with E-state index in [1.807, 2.05) is 31.2 Å². The highest BCUT2D eigenvalue weighted by atomic mass is 35.5. The molecule has 0 unspecified atom stereocenters. The van der Waals surface area contributed by atoms with Crippen LogP contribution < -0.4 is 10.1 Å². The molecule has 9 heteroatoms. The first-order valence-corrected chi connectivity index (χ1v) is 8.47. The highest BCUT2D eigenvalue weighted by Crippen LogP contribution is 2.27. The van der Waals surface area contributed by atoms with E-state index in [4.69, 9.17) is 27.9 Å². The third-order valence-corrected chi connectivity index (χ3v) is 4.04. The molecule has 134 valence electrons. The van der Waals surface area contributed by atoms with Crippen LogP contribution in [0.3, 0.4) is 0 Å². The number of carbonyl (C=O) groups excluding carboxylic acids is 1. The quantitative estimate of drug-likeness (QED) is 0.698. The molecule has 3 aromatic rings. The van der Waals surface area contributed by atoms with Gasteiger partial charge in [-0.15, -0.1) is 5.10 Å². The molecule has 0 bridgehead atoms. The van der Waals surface area contributed by atoms with Gasteiger partial charge in [0.1, 0.15) is 5.75 Å². The second kappa shape index (κ2) is 8.16. The molecule has 1 amide bonds. The molecular formula is C17H15Cl2N5O2. The Labute approximate surface area is 159 Å². The molecule has 0 aliphatic heterocycles. The number of halogens is 2. The van der Waals surface area contributed by atoms with Gasteiger partial charge in [-0.3, -0.25) is 4.79 Å². The van der Waals surface area contributed by atoms with E-state index < -0.39 is 0 Å². The van der Waals surface area contributed by atoms with E-state index in [9.17, 15) is 4.79 Å². The summed E-state index contributed by atoms with van der Waals surface area (Å²) in [4.78, 5) is 12.0. The fourth-order valence-electron chi connectivity index (χ4n) is 2.17. The zero-order valence-electron chi connectivity index (χ0n) is 13.8.